The molecule has 0 aliphatic rings. The highest BCUT2D eigenvalue weighted by Gasteiger charge is 2.16. The predicted molar refractivity (Wildman–Crippen MR) is 68.7 cm³/mol. The molecule has 0 unspecified atom stereocenters. The van der Waals surface area contributed by atoms with Gasteiger partial charge in [0.2, 0.25) is 0 Å². The Morgan fingerprint density at radius 1 is 1.42 bits per heavy atom. The van der Waals surface area contributed by atoms with Crippen molar-refractivity contribution in [3.05, 3.63) is 23.9 Å². The van der Waals surface area contributed by atoms with Gasteiger partial charge in [0.05, 0.1) is 12.2 Å². The number of alkyl carbamates (subject to hydrolysis) is 1. The second kappa shape index (κ2) is 5.54. The lowest BCUT2D eigenvalue weighted by molar-refractivity contribution is 0.0523. The van der Waals surface area contributed by atoms with Gasteiger partial charge in [-0.25, -0.2) is 23.3 Å². The summed E-state index contributed by atoms with van der Waals surface area (Å²) in [7, 11) is -3.85. The maximum atomic E-state index is 11.4. The first-order chi connectivity index (χ1) is 8.58. The van der Waals surface area contributed by atoms with Crippen molar-refractivity contribution in [3.63, 3.8) is 0 Å². The van der Waals surface area contributed by atoms with E-state index in [4.69, 9.17) is 9.88 Å². The molecule has 3 N–H and O–H groups in total. The lowest BCUT2D eigenvalue weighted by Crippen LogP contribution is -2.32. The van der Waals surface area contributed by atoms with E-state index in [2.05, 4.69) is 10.3 Å². The van der Waals surface area contributed by atoms with E-state index in [1.54, 1.807) is 26.8 Å². The number of rotatable bonds is 3. The summed E-state index contributed by atoms with van der Waals surface area (Å²) in [5.41, 5.74) is -0.225. The Hall–Kier alpha value is -1.67. The lowest BCUT2D eigenvalue weighted by Gasteiger charge is -2.19. The molecule has 0 bridgehead atoms. The van der Waals surface area contributed by atoms with Gasteiger partial charge in [0.25, 0.3) is 10.0 Å². The highest BCUT2D eigenvalue weighted by atomic mass is 32.2. The number of amides is 1. The van der Waals surface area contributed by atoms with Crippen molar-refractivity contribution in [1.29, 1.82) is 0 Å². The molecule has 0 aliphatic heterocycles. The number of primary sulfonamides is 1. The van der Waals surface area contributed by atoms with Gasteiger partial charge >= 0.3 is 6.09 Å². The SMILES string of the molecule is CC(C)(C)OC(=O)NCc1cccc(S(N)(=O)=O)n1. The third-order valence-electron chi connectivity index (χ3n) is 1.89. The van der Waals surface area contributed by atoms with Crippen LogP contribution in [-0.4, -0.2) is 25.1 Å². The highest BCUT2D eigenvalue weighted by molar-refractivity contribution is 7.89. The van der Waals surface area contributed by atoms with E-state index in [1.807, 2.05) is 0 Å². The number of hydrogen-bond acceptors (Lipinski definition) is 5. The Morgan fingerprint density at radius 2 is 2.05 bits per heavy atom. The van der Waals surface area contributed by atoms with Crippen LogP contribution in [0.25, 0.3) is 0 Å². The van der Waals surface area contributed by atoms with E-state index >= 15 is 0 Å². The number of sulfonamides is 1. The molecule has 1 amide bonds. The molecule has 8 heteroatoms. The van der Waals surface area contributed by atoms with Crippen molar-refractivity contribution in [1.82, 2.24) is 10.3 Å². The fraction of sp³-hybridized carbons (Fsp3) is 0.455. The van der Waals surface area contributed by atoms with E-state index < -0.39 is 21.7 Å². The quantitative estimate of drug-likeness (QED) is 0.852. The first-order valence-corrected chi connectivity index (χ1v) is 7.08. The van der Waals surface area contributed by atoms with Crippen LogP contribution in [0.2, 0.25) is 0 Å². The molecule has 0 saturated carbocycles. The van der Waals surface area contributed by atoms with Crippen LogP contribution in [0, 0.1) is 0 Å². The zero-order valence-corrected chi connectivity index (χ0v) is 11.8. The number of carbonyl (C=O) groups is 1. The maximum absolute atomic E-state index is 11.4. The van der Waals surface area contributed by atoms with Gasteiger partial charge in [-0.1, -0.05) is 6.07 Å². The van der Waals surface area contributed by atoms with Gasteiger partial charge < -0.3 is 10.1 Å². The number of nitrogens with two attached hydrogens (primary N) is 1. The normalized spacial score (nSPS) is 12.0. The molecule has 0 atom stereocenters. The first kappa shape index (κ1) is 15.4. The molecule has 106 valence electrons. The van der Waals surface area contributed by atoms with Gasteiger partial charge in [0, 0.05) is 0 Å². The minimum absolute atomic E-state index is 0.0538. The third kappa shape index (κ3) is 5.66. The van der Waals surface area contributed by atoms with Crippen LogP contribution in [0.3, 0.4) is 0 Å². The second-order valence-electron chi connectivity index (χ2n) is 4.87. The summed E-state index contributed by atoms with van der Waals surface area (Å²) in [6.07, 6.45) is -0.602. The summed E-state index contributed by atoms with van der Waals surface area (Å²) in [6.45, 7) is 5.28. The summed E-state index contributed by atoms with van der Waals surface area (Å²) < 4.78 is 27.3. The topological polar surface area (TPSA) is 111 Å². The van der Waals surface area contributed by atoms with Gasteiger partial charge in [0.15, 0.2) is 5.03 Å². The molecule has 0 fully saturated rings. The van der Waals surface area contributed by atoms with Crippen molar-refractivity contribution in [2.75, 3.05) is 0 Å². The van der Waals surface area contributed by atoms with Gasteiger partial charge in [-0.2, -0.15) is 0 Å². The lowest BCUT2D eigenvalue weighted by atomic mass is 10.2. The Kier molecular flexibility index (Phi) is 4.48. The van der Waals surface area contributed by atoms with Gasteiger partial charge in [-0.15, -0.1) is 0 Å². The number of carbonyl (C=O) groups excluding carboxylic acids is 1. The van der Waals surface area contributed by atoms with Crippen molar-refractivity contribution in [2.24, 2.45) is 5.14 Å². The molecule has 0 spiro atoms. The largest absolute Gasteiger partial charge is 0.444 e. The van der Waals surface area contributed by atoms with E-state index in [0.29, 0.717) is 5.69 Å². The van der Waals surface area contributed by atoms with Crippen LogP contribution in [0.5, 0.6) is 0 Å². The summed E-state index contributed by atoms with van der Waals surface area (Å²) in [5, 5.41) is 7.20. The summed E-state index contributed by atoms with van der Waals surface area (Å²) in [6, 6.07) is 4.36. The Morgan fingerprint density at radius 3 is 2.58 bits per heavy atom. The van der Waals surface area contributed by atoms with Gasteiger partial charge in [-0.3, -0.25) is 0 Å². The predicted octanol–water partition coefficient (Wildman–Crippen LogP) is 0.754. The van der Waals surface area contributed by atoms with Gasteiger partial charge in [0.1, 0.15) is 5.60 Å². The molecular weight excluding hydrogens is 270 g/mol. The molecule has 19 heavy (non-hydrogen) atoms. The summed E-state index contributed by atoms with van der Waals surface area (Å²) >= 11 is 0. The minimum atomic E-state index is -3.85. The molecule has 0 radical (unpaired) electrons. The van der Waals surface area contributed by atoms with Crippen LogP contribution in [0.4, 0.5) is 4.79 Å². The van der Waals surface area contributed by atoms with Crippen molar-refractivity contribution < 1.29 is 17.9 Å². The molecule has 0 aromatic carbocycles. The smallest absolute Gasteiger partial charge is 0.407 e. The highest BCUT2D eigenvalue weighted by Crippen LogP contribution is 2.07. The zero-order valence-electron chi connectivity index (χ0n) is 11.0. The molecule has 1 rings (SSSR count). The van der Waals surface area contributed by atoms with Crippen LogP contribution < -0.4 is 10.5 Å². The second-order valence-corrected chi connectivity index (χ2v) is 6.38. The molecular formula is C11H17N3O4S. The van der Waals surface area contributed by atoms with Crippen molar-refractivity contribution in [3.8, 4) is 0 Å². The van der Waals surface area contributed by atoms with E-state index in [1.165, 1.54) is 12.1 Å². The number of ether oxygens (including phenoxy) is 1. The summed E-state index contributed by atoms with van der Waals surface area (Å²) in [4.78, 5) is 15.2. The zero-order chi connectivity index (χ0) is 14.7. The Balaban J connectivity index is 2.67. The number of aromatic nitrogens is 1. The van der Waals surface area contributed by atoms with Crippen molar-refractivity contribution in [2.45, 2.75) is 37.9 Å². The molecule has 7 nitrogen and oxygen atoms in total. The fourth-order valence-electron chi connectivity index (χ4n) is 1.19. The molecule has 1 aromatic heterocycles. The van der Waals surface area contributed by atoms with Crippen molar-refractivity contribution >= 4 is 16.1 Å². The number of hydrogen-bond donors (Lipinski definition) is 2. The number of pyridine rings is 1. The third-order valence-corrected chi connectivity index (χ3v) is 2.70. The summed E-state index contributed by atoms with van der Waals surface area (Å²) in [5.74, 6) is 0. The van der Waals surface area contributed by atoms with Crippen LogP contribution in [0.1, 0.15) is 26.5 Å². The maximum Gasteiger partial charge on any atom is 0.407 e. The van der Waals surface area contributed by atoms with E-state index in [9.17, 15) is 13.2 Å². The van der Waals surface area contributed by atoms with E-state index in [-0.39, 0.29) is 11.6 Å². The molecule has 0 saturated heterocycles. The Bertz CT molecular complexity index is 564. The average Bonchev–Trinajstić information content (AvgIpc) is 2.23. The number of nitrogens with one attached hydrogen (secondary N) is 1. The fourth-order valence-corrected chi connectivity index (χ4v) is 1.70. The monoisotopic (exact) mass is 287 g/mol. The average molecular weight is 287 g/mol. The van der Waals surface area contributed by atoms with E-state index in [0.717, 1.165) is 0 Å². The standard InChI is InChI=1S/C11H17N3O4S/c1-11(2,3)18-10(15)13-7-8-5-4-6-9(14-8)19(12,16)17/h4-6H,7H2,1-3H3,(H,13,15)(H2,12,16,17). The first-order valence-electron chi connectivity index (χ1n) is 5.53. The number of nitrogens with zero attached hydrogens (tertiary/aromatic N) is 1. The van der Waals surface area contributed by atoms with Gasteiger partial charge in [-0.05, 0) is 32.9 Å². The molecule has 1 aromatic rings. The Labute approximate surface area is 112 Å². The van der Waals surface area contributed by atoms with Crippen LogP contribution in [-0.2, 0) is 21.3 Å². The molecule has 1 heterocycles. The van der Waals surface area contributed by atoms with Crippen LogP contribution in [0.15, 0.2) is 23.2 Å². The minimum Gasteiger partial charge on any atom is -0.444 e. The van der Waals surface area contributed by atoms with Crippen LogP contribution >= 0.6 is 0 Å². The molecule has 0 aliphatic carbocycles.